The van der Waals surface area contributed by atoms with Crippen LogP contribution in [-0.4, -0.2) is 29.7 Å². The van der Waals surface area contributed by atoms with E-state index in [0.717, 1.165) is 39.0 Å². The predicted molar refractivity (Wildman–Crippen MR) is 125 cm³/mol. The molecule has 0 spiro atoms. The summed E-state index contributed by atoms with van der Waals surface area (Å²) in [5, 5.41) is 2.87. The van der Waals surface area contributed by atoms with Gasteiger partial charge in [0.2, 0.25) is 0 Å². The van der Waals surface area contributed by atoms with Gasteiger partial charge in [0.1, 0.15) is 6.04 Å². The third-order valence-corrected chi connectivity index (χ3v) is 5.82. The number of pyridine rings is 1. The van der Waals surface area contributed by atoms with Crippen LogP contribution in [0, 0.1) is 6.92 Å². The van der Waals surface area contributed by atoms with Crippen molar-refractivity contribution in [2.45, 2.75) is 19.9 Å². The van der Waals surface area contributed by atoms with E-state index >= 15 is 0 Å². The molecule has 1 atom stereocenters. The molecule has 1 aliphatic rings. The number of para-hydroxylation sites is 1. The lowest BCUT2D eigenvalue weighted by Crippen LogP contribution is -2.22. The number of carbonyl (C=O) groups is 1. The molecule has 0 amide bonds. The van der Waals surface area contributed by atoms with Crippen LogP contribution in [0.4, 0.5) is 0 Å². The van der Waals surface area contributed by atoms with E-state index in [1.165, 1.54) is 5.56 Å². The van der Waals surface area contributed by atoms with Crippen LogP contribution in [0.1, 0.15) is 40.0 Å². The molecule has 5 nitrogen and oxygen atoms in total. The fraction of sp³-hybridized carbons (Fsp3) is 0.185. The number of ether oxygens (including phenoxy) is 1. The Hall–Kier alpha value is -3.70. The van der Waals surface area contributed by atoms with Crippen LogP contribution in [0.2, 0.25) is 0 Å². The van der Waals surface area contributed by atoms with Crippen molar-refractivity contribution < 1.29 is 14.4 Å². The summed E-state index contributed by atoms with van der Waals surface area (Å²) in [6.07, 6.45) is 0. The third-order valence-electron chi connectivity index (χ3n) is 5.82. The number of benzene rings is 3. The summed E-state index contributed by atoms with van der Waals surface area (Å²) in [5.74, 6) is 0.504. The average Bonchev–Trinajstić information content (AvgIpc) is 3.16. The summed E-state index contributed by atoms with van der Waals surface area (Å²) in [7, 11) is 1.95. The van der Waals surface area contributed by atoms with Crippen LogP contribution < -0.4 is 4.84 Å². The largest absolute Gasteiger partial charge is 0.462 e. The monoisotopic (exact) mass is 424 g/mol. The van der Waals surface area contributed by atoms with Crippen LogP contribution >= 0.6 is 0 Å². The molecule has 0 saturated carbocycles. The quantitative estimate of drug-likeness (QED) is 0.393. The van der Waals surface area contributed by atoms with Gasteiger partial charge in [-0.2, -0.15) is 0 Å². The van der Waals surface area contributed by atoms with Gasteiger partial charge in [-0.05, 0) is 43.7 Å². The summed E-state index contributed by atoms with van der Waals surface area (Å²) in [6, 6.07) is 23.8. The van der Waals surface area contributed by atoms with Crippen molar-refractivity contribution in [3.8, 4) is 17.0 Å². The third kappa shape index (κ3) is 3.41. The molecule has 4 aromatic rings. The van der Waals surface area contributed by atoms with Crippen molar-refractivity contribution in [2.75, 3.05) is 13.7 Å². The maximum Gasteiger partial charge on any atom is 0.338 e. The Balaban J connectivity index is 1.70. The maximum absolute atomic E-state index is 12.1. The molecule has 0 N–H and O–H groups in total. The van der Waals surface area contributed by atoms with Crippen LogP contribution in [0.25, 0.3) is 22.2 Å². The molecule has 32 heavy (non-hydrogen) atoms. The smallest absolute Gasteiger partial charge is 0.338 e. The number of aromatic nitrogens is 1. The number of hydroxylamine groups is 2. The minimum Gasteiger partial charge on any atom is -0.462 e. The highest BCUT2D eigenvalue weighted by Crippen LogP contribution is 2.48. The SMILES string of the molecule is CCOC(=O)c1ccc(-c2nc3ccccc3c3c2C(c2ccc(C)cc2)N(C)O3)cc1. The Kier molecular flexibility index (Phi) is 5.11. The zero-order valence-corrected chi connectivity index (χ0v) is 18.3. The Morgan fingerprint density at radius 2 is 1.75 bits per heavy atom. The lowest BCUT2D eigenvalue weighted by molar-refractivity contribution is -0.0302. The summed E-state index contributed by atoms with van der Waals surface area (Å²) in [6.45, 7) is 4.23. The van der Waals surface area contributed by atoms with Gasteiger partial charge in [-0.3, -0.25) is 0 Å². The van der Waals surface area contributed by atoms with Gasteiger partial charge in [0.25, 0.3) is 0 Å². The molecular weight excluding hydrogens is 400 g/mol. The van der Waals surface area contributed by atoms with E-state index in [9.17, 15) is 4.79 Å². The minimum atomic E-state index is -0.323. The normalized spacial score (nSPS) is 15.4. The van der Waals surface area contributed by atoms with Crippen LogP contribution in [0.3, 0.4) is 0 Å². The molecule has 0 fully saturated rings. The van der Waals surface area contributed by atoms with E-state index in [0.29, 0.717) is 12.2 Å². The standard InChI is InChI=1S/C27H24N2O3/c1-4-31-27(30)20-15-13-18(14-16-20)24-23-25(19-11-9-17(2)10-12-19)29(3)32-26(23)21-7-5-6-8-22(21)28-24/h5-16,25H,4H2,1-3H3. The molecule has 3 aromatic carbocycles. The van der Waals surface area contributed by atoms with E-state index in [4.69, 9.17) is 14.6 Å². The molecular formula is C27H24N2O3. The van der Waals surface area contributed by atoms with E-state index in [2.05, 4.69) is 31.2 Å². The first-order valence-electron chi connectivity index (χ1n) is 10.7. The first kappa shape index (κ1) is 20.2. The molecule has 5 heteroatoms. The first-order chi connectivity index (χ1) is 15.6. The fourth-order valence-corrected chi connectivity index (χ4v) is 4.25. The van der Waals surface area contributed by atoms with Crippen molar-refractivity contribution in [3.05, 3.63) is 95.1 Å². The summed E-state index contributed by atoms with van der Waals surface area (Å²) in [5.41, 5.74) is 6.55. The molecule has 0 radical (unpaired) electrons. The Morgan fingerprint density at radius 3 is 2.47 bits per heavy atom. The van der Waals surface area contributed by atoms with E-state index in [-0.39, 0.29) is 12.0 Å². The second kappa shape index (κ2) is 8.09. The van der Waals surface area contributed by atoms with Gasteiger partial charge in [-0.25, -0.2) is 9.78 Å². The van der Waals surface area contributed by atoms with Crippen molar-refractivity contribution >= 4 is 16.9 Å². The molecule has 5 rings (SSSR count). The number of esters is 1. The molecule has 0 bridgehead atoms. The molecule has 1 unspecified atom stereocenters. The molecule has 0 aliphatic carbocycles. The first-order valence-corrected chi connectivity index (χ1v) is 10.7. The van der Waals surface area contributed by atoms with Crippen LogP contribution in [0.15, 0.2) is 72.8 Å². The van der Waals surface area contributed by atoms with Crippen LogP contribution in [-0.2, 0) is 4.74 Å². The number of aryl methyl sites for hydroxylation is 1. The zero-order chi connectivity index (χ0) is 22.2. The Morgan fingerprint density at radius 1 is 1.03 bits per heavy atom. The highest BCUT2D eigenvalue weighted by atomic mass is 16.7. The highest BCUT2D eigenvalue weighted by molar-refractivity contribution is 5.93. The van der Waals surface area contributed by atoms with E-state index < -0.39 is 0 Å². The van der Waals surface area contributed by atoms with Crippen molar-refractivity contribution in [1.29, 1.82) is 0 Å². The summed E-state index contributed by atoms with van der Waals surface area (Å²) >= 11 is 0. The predicted octanol–water partition coefficient (Wildman–Crippen LogP) is 5.72. The van der Waals surface area contributed by atoms with Gasteiger partial charge >= 0.3 is 5.97 Å². The van der Waals surface area contributed by atoms with Crippen molar-refractivity contribution in [3.63, 3.8) is 0 Å². The maximum atomic E-state index is 12.1. The summed E-state index contributed by atoms with van der Waals surface area (Å²) < 4.78 is 5.12. The lowest BCUT2D eigenvalue weighted by Gasteiger charge is -2.19. The van der Waals surface area contributed by atoms with Gasteiger partial charge in [0, 0.05) is 23.6 Å². The topological polar surface area (TPSA) is 51.7 Å². The molecule has 160 valence electrons. The Bertz CT molecular complexity index is 1300. The average molecular weight is 425 g/mol. The van der Waals surface area contributed by atoms with Crippen LogP contribution in [0.5, 0.6) is 5.75 Å². The number of hydrogen-bond acceptors (Lipinski definition) is 5. The highest BCUT2D eigenvalue weighted by Gasteiger charge is 2.36. The molecule has 2 heterocycles. The lowest BCUT2D eigenvalue weighted by atomic mass is 9.92. The van der Waals surface area contributed by atoms with E-state index in [1.54, 1.807) is 19.1 Å². The second-order valence-electron chi connectivity index (χ2n) is 7.97. The summed E-state index contributed by atoms with van der Waals surface area (Å²) in [4.78, 5) is 23.4. The van der Waals surface area contributed by atoms with E-state index in [1.807, 2.05) is 48.5 Å². The van der Waals surface area contributed by atoms with Gasteiger partial charge in [-0.15, -0.1) is 5.06 Å². The number of nitrogens with zero attached hydrogens (tertiary/aromatic N) is 2. The van der Waals surface area contributed by atoms with Gasteiger partial charge < -0.3 is 9.57 Å². The van der Waals surface area contributed by atoms with Crippen molar-refractivity contribution in [1.82, 2.24) is 10.0 Å². The molecule has 0 saturated heterocycles. The molecule has 1 aliphatic heterocycles. The van der Waals surface area contributed by atoms with Gasteiger partial charge in [-0.1, -0.05) is 54.1 Å². The van der Waals surface area contributed by atoms with Gasteiger partial charge in [0.15, 0.2) is 5.75 Å². The number of fused-ring (bicyclic) bond motifs is 3. The van der Waals surface area contributed by atoms with Gasteiger partial charge in [0.05, 0.1) is 23.4 Å². The van der Waals surface area contributed by atoms with Crippen molar-refractivity contribution in [2.24, 2.45) is 0 Å². The zero-order valence-electron chi connectivity index (χ0n) is 18.3. The minimum absolute atomic E-state index is 0.0950. The molecule has 1 aromatic heterocycles. The second-order valence-corrected chi connectivity index (χ2v) is 7.97. The fourth-order valence-electron chi connectivity index (χ4n) is 4.25. The Labute approximate surface area is 187 Å². The number of rotatable bonds is 4. The number of hydrogen-bond donors (Lipinski definition) is 0. The number of carbonyl (C=O) groups excluding carboxylic acids is 1.